The minimum absolute atomic E-state index is 0.0203. The van der Waals surface area contributed by atoms with Gasteiger partial charge in [-0.25, -0.2) is 0 Å². The SMILES string of the molecule is CC(=O)SSCC(Cl)c1ccccc1. The Morgan fingerprint density at radius 3 is 2.64 bits per heavy atom. The summed E-state index contributed by atoms with van der Waals surface area (Å²) in [5.74, 6) is 0.746. The quantitative estimate of drug-likeness (QED) is 0.593. The lowest BCUT2D eigenvalue weighted by molar-refractivity contribution is -0.109. The Balaban J connectivity index is 2.36. The van der Waals surface area contributed by atoms with Gasteiger partial charge < -0.3 is 0 Å². The topological polar surface area (TPSA) is 17.1 Å². The first-order chi connectivity index (χ1) is 6.70. The summed E-state index contributed by atoms with van der Waals surface area (Å²) in [5.41, 5.74) is 1.10. The van der Waals surface area contributed by atoms with E-state index < -0.39 is 0 Å². The fourth-order valence-electron chi connectivity index (χ4n) is 0.935. The van der Waals surface area contributed by atoms with Gasteiger partial charge in [-0.3, -0.25) is 4.79 Å². The molecule has 14 heavy (non-hydrogen) atoms. The maximum Gasteiger partial charge on any atom is 0.196 e. The van der Waals surface area contributed by atoms with Crippen LogP contribution in [0.3, 0.4) is 0 Å². The molecule has 0 aromatic heterocycles. The lowest BCUT2D eigenvalue weighted by atomic mass is 10.2. The Kier molecular flexibility index (Phi) is 5.45. The number of carbonyl (C=O) groups excluding carboxylic acids is 1. The second kappa shape index (κ2) is 6.38. The zero-order valence-corrected chi connectivity index (χ0v) is 10.2. The van der Waals surface area contributed by atoms with Crippen molar-refractivity contribution in [3.63, 3.8) is 0 Å². The minimum Gasteiger partial charge on any atom is -0.287 e. The Labute approximate surface area is 97.0 Å². The molecule has 4 heteroatoms. The van der Waals surface area contributed by atoms with Crippen LogP contribution in [0, 0.1) is 0 Å². The third-order valence-electron chi connectivity index (χ3n) is 1.55. The second-order valence-electron chi connectivity index (χ2n) is 2.74. The van der Waals surface area contributed by atoms with Crippen molar-refractivity contribution >= 4 is 38.3 Å². The Morgan fingerprint density at radius 1 is 1.43 bits per heavy atom. The van der Waals surface area contributed by atoms with E-state index in [1.807, 2.05) is 30.3 Å². The molecular formula is C10H11ClOS2. The van der Waals surface area contributed by atoms with Gasteiger partial charge in [0.15, 0.2) is 5.12 Å². The van der Waals surface area contributed by atoms with E-state index in [4.69, 9.17) is 11.6 Å². The number of hydrogen-bond acceptors (Lipinski definition) is 3. The maximum absolute atomic E-state index is 10.7. The smallest absolute Gasteiger partial charge is 0.196 e. The second-order valence-corrected chi connectivity index (χ2v) is 5.78. The zero-order chi connectivity index (χ0) is 10.4. The van der Waals surface area contributed by atoms with E-state index in [1.165, 1.54) is 21.6 Å². The summed E-state index contributed by atoms with van der Waals surface area (Å²) in [6.45, 7) is 1.56. The third-order valence-corrected chi connectivity index (χ3v) is 4.43. The lowest BCUT2D eigenvalue weighted by Crippen LogP contribution is -1.92. The number of alkyl halides is 1. The monoisotopic (exact) mass is 246 g/mol. The largest absolute Gasteiger partial charge is 0.287 e. The van der Waals surface area contributed by atoms with Crippen molar-refractivity contribution in [1.82, 2.24) is 0 Å². The first-order valence-corrected chi connectivity index (χ1v) is 6.94. The van der Waals surface area contributed by atoms with E-state index in [-0.39, 0.29) is 10.5 Å². The van der Waals surface area contributed by atoms with Gasteiger partial charge in [0.25, 0.3) is 0 Å². The van der Waals surface area contributed by atoms with Crippen LogP contribution in [0.1, 0.15) is 17.9 Å². The molecule has 1 rings (SSSR count). The molecule has 1 atom stereocenters. The van der Waals surface area contributed by atoms with E-state index in [0.717, 1.165) is 11.3 Å². The summed E-state index contributed by atoms with van der Waals surface area (Å²) >= 11 is 6.14. The van der Waals surface area contributed by atoms with Crippen LogP contribution in [-0.4, -0.2) is 10.9 Å². The van der Waals surface area contributed by atoms with E-state index in [0.29, 0.717) is 0 Å². The predicted octanol–water partition coefficient (Wildman–Crippen LogP) is 3.89. The summed E-state index contributed by atoms with van der Waals surface area (Å²) in [6, 6.07) is 9.89. The maximum atomic E-state index is 10.7. The van der Waals surface area contributed by atoms with Gasteiger partial charge in [-0.1, -0.05) is 41.1 Å². The molecule has 0 saturated carbocycles. The van der Waals surface area contributed by atoms with Crippen molar-refractivity contribution in [3.8, 4) is 0 Å². The van der Waals surface area contributed by atoms with Crippen LogP contribution in [-0.2, 0) is 4.79 Å². The van der Waals surface area contributed by atoms with Crippen LogP contribution < -0.4 is 0 Å². The molecule has 76 valence electrons. The van der Waals surface area contributed by atoms with Gasteiger partial charge in [0.2, 0.25) is 0 Å². The van der Waals surface area contributed by atoms with E-state index in [2.05, 4.69) is 0 Å². The van der Waals surface area contributed by atoms with E-state index >= 15 is 0 Å². The fraction of sp³-hybridized carbons (Fsp3) is 0.300. The predicted molar refractivity (Wildman–Crippen MR) is 65.8 cm³/mol. The fourth-order valence-corrected chi connectivity index (χ4v) is 3.15. The average Bonchev–Trinajstić information content (AvgIpc) is 2.18. The summed E-state index contributed by atoms with van der Waals surface area (Å²) in [5, 5.41) is 0.0972. The van der Waals surface area contributed by atoms with Gasteiger partial charge >= 0.3 is 0 Å². The summed E-state index contributed by atoms with van der Waals surface area (Å²) in [6.07, 6.45) is 0. The van der Waals surface area contributed by atoms with Crippen molar-refractivity contribution in [3.05, 3.63) is 35.9 Å². The molecule has 0 fully saturated rings. The normalized spacial score (nSPS) is 12.4. The minimum atomic E-state index is -0.0203. The molecule has 0 saturated heterocycles. The third kappa shape index (κ3) is 4.40. The Bertz CT molecular complexity index is 289. The first kappa shape index (κ1) is 12.0. The molecule has 0 bridgehead atoms. The zero-order valence-electron chi connectivity index (χ0n) is 7.77. The van der Waals surface area contributed by atoms with Crippen molar-refractivity contribution in [2.24, 2.45) is 0 Å². The number of rotatable bonds is 4. The van der Waals surface area contributed by atoms with E-state index in [1.54, 1.807) is 6.92 Å². The van der Waals surface area contributed by atoms with Crippen LogP contribution in [0.5, 0.6) is 0 Å². The van der Waals surface area contributed by atoms with Crippen LogP contribution in [0.15, 0.2) is 30.3 Å². The van der Waals surface area contributed by atoms with Crippen molar-refractivity contribution < 1.29 is 4.79 Å². The first-order valence-electron chi connectivity index (χ1n) is 4.19. The Hall–Kier alpha value is -0.120. The highest BCUT2D eigenvalue weighted by Crippen LogP contribution is 2.31. The van der Waals surface area contributed by atoms with Crippen LogP contribution in [0.2, 0.25) is 0 Å². The molecule has 1 aromatic rings. The average molecular weight is 247 g/mol. The van der Waals surface area contributed by atoms with Crippen LogP contribution in [0.4, 0.5) is 0 Å². The number of hydrogen-bond donors (Lipinski definition) is 0. The highest BCUT2D eigenvalue weighted by atomic mass is 35.5. The van der Waals surface area contributed by atoms with Gasteiger partial charge in [-0.05, 0) is 16.4 Å². The van der Waals surface area contributed by atoms with Crippen molar-refractivity contribution in [2.75, 3.05) is 5.75 Å². The summed E-state index contributed by atoms with van der Waals surface area (Å²) in [7, 11) is 2.75. The molecule has 0 radical (unpaired) electrons. The van der Waals surface area contributed by atoms with Crippen LogP contribution in [0.25, 0.3) is 0 Å². The standard InChI is InChI=1S/C10H11ClOS2/c1-8(12)14-13-7-10(11)9-5-3-2-4-6-9/h2-6,10H,7H2,1H3. The molecule has 1 aromatic carbocycles. The summed E-state index contributed by atoms with van der Waals surface area (Å²) < 4.78 is 0. The van der Waals surface area contributed by atoms with Crippen LogP contribution >= 0.6 is 33.2 Å². The van der Waals surface area contributed by atoms with Gasteiger partial charge in [0.05, 0.1) is 5.38 Å². The highest BCUT2D eigenvalue weighted by Gasteiger charge is 2.07. The van der Waals surface area contributed by atoms with Gasteiger partial charge in [-0.15, -0.1) is 11.6 Å². The molecule has 1 nitrogen and oxygen atoms in total. The van der Waals surface area contributed by atoms with Gasteiger partial charge in [-0.2, -0.15) is 0 Å². The molecule has 0 spiro atoms. The molecule has 0 aliphatic heterocycles. The van der Waals surface area contributed by atoms with E-state index in [9.17, 15) is 4.79 Å². The van der Waals surface area contributed by atoms with Crippen molar-refractivity contribution in [1.29, 1.82) is 0 Å². The molecule has 0 heterocycles. The van der Waals surface area contributed by atoms with Gasteiger partial charge in [0.1, 0.15) is 0 Å². The molecule has 1 unspecified atom stereocenters. The Morgan fingerprint density at radius 2 is 2.07 bits per heavy atom. The molecule has 0 N–H and O–H groups in total. The molecule has 0 aliphatic rings. The lowest BCUT2D eigenvalue weighted by Gasteiger charge is -2.07. The summed E-state index contributed by atoms with van der Waals surface area (Å²) in [4.78, 5) is 10.7. The number of halogens is 1. The number of carbonyl (C=O) groups is 1. The molecular weight excluding hydrogens is 236 g/mol. The highest BCUT2D eigenvalue weighted by molar-refractivity contribution is 8.82. The molecule has 0 aliphatic carbocycles. The molecule has 0 amide bonds. The van der Waals surface area contributed by atoms with Crippen molar-refractivity contribution in [2.45, 2.75) is 12.3 Å². The number of benzene rings is 1. The van der Waals surface area contributed by atoms with Gasteiger partial charge in [0, 0.05) is 12.7 Å².